The van der Waals surface area contributed by atoms with Crippen LogP contribution in [0.15, 0.2) is 29.3 Å². The van der Waals surface area contributed by atoms with Crippen molar-refractivity contribution in [2.75, 3.05) is 0 Å². The third kappa shape index (κ3) is 1.83. The molecule has 0 aliphatic heterocycles. The summed E-state index contributed by atoms with van der Waals surface area (Å²) in [6, 6.07) is 7.23. The van der Waals surface area contributed by atoms with E-state index in [1.807, 2.05) is 6.07 Å². The Morgan fingerprint density at radius 3 is 2.80 bits per heavy atom. The molecule has 1 aliphatic carbocycles. The van der Waals surface area contributed by atoms with Crippen molar-refractivity contribution in [3.63, 3.8) is 0 Å². The molecule has 0 heterocycles. The van der Waals surface area contributed by atoms with Gasteiger partial charge in [0.2, 0.25) is 6.08 Å². The Morgan fingerprint density at radius 1 is 1.53 bits per heavy atom. The zero-order chi connectivity index (χ0) is 10.9. The summed E-state index contributed by atoms with van der Waals surface area (Å²) in [6.45, 7) is 1.50. The highest BCUT2D eigenvalue weighted by Crippen LogP contribution is 2.49. The van der Waals surface area contributed by atoms with E-state index in [0.717, 1.165) is 18.4 Å². The fourth-order valence-electron chi connectivity index (χ4n) is 1.75. The van der Waals surface area contributed by atoms with Crippen molar-refractivity contribution < 1.29 is 9.18 Å². The van der Waals surface area contributed by atoms with Crippen LogP contribution in [0.25, 0.3) is 0 Å². The molecule has 3 heteroatoms. The van der Waals surface area contributed by atoms with Gasteiger partial charge < -0.3 is 0 Å². The predicted molar refractivity (Wildman–Crippen MR) is 55.0 cm³/mol. The standard InChI is InChI=1S/C12H12FNO/c1-9(13)10-3-2-4-11(7-10)12(5-6-12)14-8-15/h2-4,7,9H,5-6H2,1H3. The average Bonchev–Trinajstić information content (AvgIpc) is 3.00. The Balaban J connectivity index is 2.37. The predicted octanol–water partition coefficient (Wildman–Crippen LogP) is 3.04. The molecule has 0 spiro atoms. The third-order valence-corrected chi connectivity index (χ3v) is 2.87. The number of aliphatic imine (C=N–C) groups is 1. The van der Waals surface area contributed by atoms with E-state index in [1.54, 1.807) is 24.3 Å². The smallest absolute Gasteiger partial charge is 0.235 e. The zero-order valence-corrected chi connectivity index (χ0v) is 8.53. The van der Waals surface area contributed by atoms with Crippen LogP contribution in [0.4, 0.5) is 4.39 Å². The van der Waals surface area contributed by atoms with Gasteiger partial charge in [-0.15, -0.1) is 0 Å². The molecule has 1 saturated carbocycles. The monoisotopic (exact) mass is 205 g/mol. The second kappa shape index (κ2) is 3.59. The number of isocyanates is 1. The number of alkyl halides is 1. The molecule has 1 aliphatic rings. The summed E-state index contributed by atoms with van der Waals surface area (Å²) < 4.78 is 13.1. The fourth-order valence-corrected chi connectivity index (χ4v) is 1.75. The first-order valence-electron chi connectivity index (χ1n) is 5.01. The topological polar surface area (TPSA) is 29.4 Å². The number of hydrogen-bond donors (Lipinski definition) is 0. The minimum Gasteiger partial charge on any atom is -0.243 e. The van der Waals surface area contributed by atoms with Gasteiger partial charge in [-0.1, -0.05) is 24.3 Å². The van der Waals surface area contributed by atoms with Crippen LogP contribution in [0, 0.1) is 0 Å². The minimum atomic E-state index is -0.985. The van der Waals surface area contributed by atoms with Gasteiger partial charge >= 0.3 is 0 Å². The van der Waals surface area contributed by atoms with Gasteiger partial charge in [0.15, 0.2) is 0 Å². The SMILES string of the molecule is CC(F)c1cccc(C2(N=C=O)CC2)c1. The molecule has 1 unspecified atom stereocenters. The van der Waals surface area contributed by atoms with Crippen LogP contribution in [0.2, 0.25) is 0 Å². The number of halogens is 1. The molecule has 15 heavy (non-hydrogen) atoms. The molecule has 0 radical (unpaired) electrons. The maximum absolute atomic E-state index is 13.1. The molecule has 1 aromatic carbocycles. The van der Waals surface area contributed by atoms with Crippen LogP contribution < -0.4 is 0 Å². The second-order valence-corrected chi connectivity index (χ2v) is 3.98. The van der Waals surface area contributed by atoms with Gasteiger partial charge in [0.25, 0.3) is 0 Å². The highest BCUT2D eigenvalue weighted by molar-refractivity contribution is 5.42. The largest absolute Gasteiger partial charge is 0.243 e. The lowest BCUT2D eigenvalue weighted by molar-refractivity contribution is 0.374. The van der Waals surface area contributed by atoms with Crippen molar-refractivity contribution in [2.24, 2.45) is 4.99 Å². The highest BCUT2D eigenvalue weighted by atomic mass is 19.1. The van der Waals surface area contributed by atoms with Crippen LogP contribution >= 0.6 is 0 Å². The first-order valence-corrected chi connectivity index (χ1v) is 5.01. The van der Waals surface area contributed by atoms with Gasteiger partial charge in [-0.05, 0) is 30.9 Å². The molecule has 0 bridgehead atoms. The summed E-state index contributed by atoms with van der Waals surface area (Å²) in [6.07, 6.45) is 2.32. The highest BCUT2D eigenvalue weighted by Gasteiger charge is 2.44. The molecule has 1 aromatic rings. The van der Waals surface area contributed by atoms with E-state index in [-0.39, 0.29) is 0 Å². The summed E-state index contributed by atoms with van der Waals surface area (Å²) in [5.41, 5.74) is 1.17. The normalized spacial score (nSPS) is 19.1. The minimum absolute atomic E-state index is 0.396. The average molecular weight is 205 g/mol. The number of nitrogens with zero attached hydrogens (tertiary/aromatic N) is 1. The van der Waals surface area contributed by atoms with Crippen LogP contribution in [0.5, 0.6) is 0 Å². The molecule has 78 valence electrons. The number of carbonyl (C=O) groups excluding carboxylic acids is 1. The van der Waals surface area contributed by atoms with Gasteiger partial charge in [0, 0.05) is 0 Å². The van der Waals surface area contributed by atoms with E-state index in [4.69, 9.17) is 0 Å². The van der Waals surface area contributed by atoms with Crippen LogP contribution in [0.1, 0.15) is 37.1 Å². The Bertz CT molecular complexity index is 417. The lowest BCUT2D eigenvalue weighted by Gasteiger charge is -2.10. The van der Waals surface area contributed by atoms with Crippen LogP contribution in [0.3, 0.4) is 0 Å². The van der Waals surface area contributed by atoms with Crippen molar-refractivity contribution in [3.8, 4) is 0 Å². The van der Waals surface area contributed by atoms with Crippen molar-refractivity contribution >= 4 is 6.08 Å². The molecular weight excluding hydrogens is 193 g/mol. The second-order valence-electron chi connectivity index (χ2n) is 3.98. The number of rotatable bonds is 3. The number of benzene rings is 1. The van der Waals surface area contributed by atoms with E-state index in [0.29, 0.717) is 5.56 Å². The quantitative estimate of drug-likeness (QED) is 0.551. The summed E-state index contributed by atoms with van der Waals surface area (Å²) in [5, 5.41) is 0. The van der Waals surface area contributed by atoms with Crippen LogP contribution in [-0.2, 0) is 10.3 Å². The molecule has 1 fully saturated rings. The van der Waals surface area contributed by atoms with E-state index >= 15 is 0 Å². The number of hydrogen-bond acceptors (Lipinski definition) is 2. The first-order chi connectivity index (χ1) is 7.18. The van der Waals surface area contributed by atoms with Gasteiger partial charge in [-0.25, -0.2) is 9.18 Å². The van der Waals surface area contributed by atoms with E-state index in [1.165, 1.54) is 6.92 Å². The molecule has 2 nitrogen and oxygen atoms in total. The Hall–Kier alpha value is -1.47. The van der Waals surface area contributed by atoms with Gasteiger partial charge in [0.1, 0.15) is 6.17 Å². The molecule has 2 rings (SSSR count). The fraction of sp³-hybridized carbons (Fsp3) is 0.417. The van der Waals surface area contributed by atoms with E-state index < -0.39 is 11.7 Å². The van der Waals surface area contributed by atoms with E-state index in [2.05, 4.69) is 4.99 Å². The van der Waals surface area contributed by atoms with Gasteiger partial charge in [-0.2, -0.15) is 4.99 Å². The Labute approximate surface area is 87.8 Å². The summed E-state index contributed by atoms with van der Waals surface area (Å²) >= 11 is 0. The molecule has 1 atom stereocenters. The van der Waals surface area contributed by atoms with Crippen molar-refractivity contribution in [2.45, 2.75) is 31.5 Å². The first kappa shape index (κ1) is 10.1. The molecule has 0 amide bonds. The molecule has 0 saturated heterocycles. The molecule has 0 aromatic heterocycles. The van der Waals surface area contributed by atoms with Crippen LogP contribution in [-0.4, -0.2) is 6.08 Å². The van der Waals surface area contributed by atoms with E-state index in [9.17, 15) is 9.18 Å². The maximum Gasteiger partial charge on any atom is 0.235 e. The maximum atomic E-state index is 13.1. The van der Waals surface area contributed by atoms with Crippen molar-refractivity contribution in [1.29, 1.82) is 0 Å². The molecular formula is C12H12FNO. The summed E-state index contributed by atoms with van der Waals surface area (Å²) in [4.78, 5) is 14.1. The molecule has 0 N–H and O–H groups in total. The van der Waals surface area contributed by atoms with Crippen molar-refractivity contribution in [3.05, 3.63) is 35.4 Å². The van der Waals surface area contributed by atoms with Crippen molar-refractivity contribution in [1.82, 2.24) is 0 Å². The third-order valence-electron chi connectivity index (χ3n) is 2.87. The Kier molecular flexibility index (Phi) is 2.41. The lowest BCUT2D eigenvalue weighted by atomic mass is 10.0. The Morgan fingerprint density at radius 2 is 2.27 bits per heavy atom. The lowest BCUT2D eigenvalue weighted by Crippen LogP contribution is -2.03. The summed E-state index contributed by atoms with van der Waals surface area (Å²) in [5.74, 6) is 0. The summed E-state index contributed by atoms with van der Waals surface area (Å²) in [7, 11) is 0. The van der Waals surface area contributed by atoms with Gasteiger partial charge in [0.05, 0.1) is 5.54 Å². The zero-order valence-electron chi connectivity index (χ0n) is 8.53. The van der Waals surface area contributed by atoms with Gasteiger partial charge in [-0.3, -0.25) is 0 Å².